The highest BCUT2D eigenvalue weighted by molar-refractivity contribution is 5.85. The predicted octanol–water partition coefficient (Wildman–Crippen LogP) is 2.91. The molecule has 0 saturated heterocycles. The first-order valence-corrected chi connectivity index (χ1v) is 7.82. The quantitative estimate of drug-likeness (QED) is 0.797. The number of hydrogen-bond acceptors (Lipinski definition) is 3. The van der Waals surface area contributed by atoms with Gasteiger partial charge in [-0.15, -0.1) is 12.4 Å². The van der Waals surface area contributed by atoms with Crippen molar-refractivity contribution in [2.24, 2.45) is 0 Å². The lowest BCUT2D eigenvalue weighted by atomic mass is 10.1. The van der Waals surface area contributed by atoms with Gasteiger partial charge in [0.15, 0.2) is 0 Å². The van der Waals surface area contributed by atoms with Crippen LogP contribution in [0.25, 0.3) is 0 Å². The average molecular weight is 349 g/mol. The van der Waals surface area contributed by atoms with Crippen LogP contribution in [0.2, 0.25) is 0 Å². The smallest absolute Gasteiger partial charge is 0.236 e. The van der Waals surface area contributed by atoms with Crippen molar-refractivity contribution in [1.29, 1.82) is 0 Å². The molecule has 0 aliphatic rings. The topological polar surface area (TPSA) is 41.6 Å². The third kappa shape index (κ3) is 6.22. The van der Waals surface area contributed by atoms with Crippen molar-refractivity contribution >= 4 is 18.3 Å². The predicted molar refractivity (Wildman–Crippen MR) is 99.7 cm³/mol. The minimum Gasteiger partial charge on any atom is -0.497 e. The minimum atomic E-state index is 0. The standard InChI is InChI=1S/C19H24N2O2.ClH/c1-20-14-19(22)21(15-17-6-4-3-5-7-17)13-12-16-8-10-18(23-2)11-9-16;/h3-11,20H,12-15H2,1-2H3;1H. The molecule has 0 aliphatic heterocycles. The maximum absolute atomic E-state index is 12.3. The molecule has 0 spiro atoms. The SMILES string of the molecule is CNCC(=O)N(CCc1ccc(OC)cc1)Cc1ccccc1.Cl. The number of amides is 1. The van der Waals surface area contributed by atoms with E-state index in [0.29, 0.717) is 19.6 Å². The molecule has 24 heavy (non-hydrogen) atoms. The Labute approximate surface area is 150 Å². The highest BCUT2D eigenvalue weighted by Gasteiger charge is 2.13. The number of benzene rings is 2. The van der Waals surface area contributed by atoms with Crippen molar-refractivity contribution in [1.82, 2.24) is 10.2 Å². The molecule has 2 rings (SSSR count). The van der Waals surface area contributed by atoms with Gasteiger partial charge in [-0.25, -0.2) is 0 Å². The van der Waals surface area contributed by atoms with Crippen LogP contribution in [0.3, 0.4) is 0 Å². The van der Waals surface area contributed by atoms with E-state index in [1.165, 1.54) is 5.56 Å². The van der Waals surface area contributed by atoms with Crippen molar-refractivity contribution < 1.29 is 9.53 Å². The molecule has 4 nitrogen and oxygen atoms in total. The summed E-state index contributed by atoms with van der Waals surface area (Å²) < 4.78 is 5.17. The van der Waals surface area contributed by atoms with Gasteiger partial charge in [0.1, 0.15) is 5.75 Å². The van der Waals surface area contributed by atoms with Crippen LogP contribution in [-0.2, 0) is 17.8 Å². The number of ether oxygens (including phenoxy) is 1. The fourth-order valence-electron chi connectivity index (χ4n) is 2.42. The van der Waals surface area contributed by atoms with Gasteiger partial charge in [-0.05, 0) is 36.7 Å². The number of hydrogen-bond donors (Lipinski definition) is 1. The van der Waals surface area contributed by atoms with Gasteiger partial charge in [0.25, 0.3) is 0 Å². The zero-order chi connectivity index (χ0) is 16.5. The number of carbonyl (C=O) groups is 1. The van der Waals surface area contributed by atoms with Gasteiger partial charge in [-0.3, -0.25) is 4.79 Å². The summed E-state index contributed by atoms with van der Waals surface area (Å²) in [5, 5.41) is 2.94. The summed E-state index contributed by atoms with van der Waals surface area (Å²) in [6.45, 7) is 1.69. The van der Waals surface area contributed by atoms with Gasteiger partial charge in [-0.2, -0.15) is 0 Å². The Kier molecular flexibility index (Phi) is 8.90. The zero-order valence-corrected chi connectivity index (χ0v) is 15.0. The normalized spacial score (nSPS) is 9.92. The Hall–Kier alpha value is -2.04. The number of nitrogens with one attached hydrogen (secondary N) is 1. The fourth-order valence-corrected chi connectivity index (χ4v) is 2.42. The molecule has 0 saturated carbocycles. The molecule has 0 unspecified atom stereocenters. The number of nitrogens with zero attached hydrogens (tertiary/aromatic N) is 1. The van der Waals surface area contributed by atoms with Gasteiger partial charge >= 0.3 is 0 Å². The van der Waals surface area contributed by atoms with E-state index in [1.807, 2.05) is 59.5 Å². The third-order valence-electron chi connectivity index (χ3n) is 3.73. The van der Waals surface area contributed by atoms with Crippen LogP contribution >= 0.6 is 12.4 Å². The molecular formula is C19H25ClN2O2. The lowest BCUT2D eigenvalue weighted by molar-refractivity contribution is -0.130. The highest BCUT2D eigenvalue weighted by Crippen LogP contribution is 2.13. The van der Waals surface area contributed by atoms with Crippen LogP contribution in [-0.4, -0.2) is 38.1 Å². The summed E-state index contributed by atoms with van der Waals surface area (Å²) in [4.78, 5) is 14.2. The zero-order valence-electron chi connectivity index (χ0n) is 14.2. The lowest BCUT2D eigenvalue weighted by Gasteiger charge is -2.23. The Morgan fingerprint density at radius 1 is 1.04 bits per heavy atom. The molecule has 130 valence electrons. The molecule has 0 aromatic heterocycles. The van der Waals surface area contributed by atoms with Crippen molar-refractivity contribution in [3.8, 4) is 5.75 Å². The maximum Gasteiger partial charge on any atom is 0.236 e. The summed E-state index contributed by atoms with van der Waals surface area (Å²) in [5.41, 5.74) is 2.34. The van der Waals surface area contributed by atoms with Crippen molar-refractivity contribution in [2.45, 2.75) is 13.0 Å². The second-order valence-electron chi connectivity index (χ2n) is 5.43. The van der Waals surface area contributed by atoms with Crippen LogP contribution in [0.1, 0.15) is 11.1 Å². The molecule has 5 heteroatoms. The van der Waals surface area contributed by atoms with Gasteiger partial charge in [-0.1, -0.05) is 42.5 Å². The highest BCUT2D eigenvalue weighted by atomic mass is 35.5. The minimum absolute atomic E-state index is 0. The molecule has 0 radical (unpaired) electrons. The van der Waals surface area contributed by atoms with Gasteiger partial charge in [0.2, 0.25) is 5.91 Å². The fraction of sp³-hybridized carbons (Fsp3) is 0.316. The Bertz CT molecular complexity index is 603. The monoisotopic (exact) mass is 348 g/mol. The Morgan fingerprint density at radius 2 is 1.71 bits per heavy atom. The van der Waals surface area contributed by atoms with Crippen LogP contribution in [0.15, 0.2) is 54.6 Å². The number of rotatable bonds is 8. The van der Waals surface area contributed by atoms with E-state index in [2.05, 4.69) is 5.32 Å². The molecule has 0 atom stereocenters. The van der Waals surface area contributed by atoms with Crippen molar-refractivity contribution in [3.63, 3.8) is 0 Å². The summed E-state index contributed by atoms with van der Waals surface area (Å²) in [7, 11) is 3.45. The van der Waals surface area contributed by atoms with E-state index in [1.54, 1.807) is 14.2 Å². The number of likely N-dealkylation sites (N-methyl/N-ethyl adjacent to an activating group) is 1. The molecule has 0 aliphatic carbocycles. The molecule has 2 aromatic rings. The van der Waals surface area contributed by atoms with Crippen LogP contribution in [0.5, 0.6) is 5.75 Å². The number of methoxy groups -OCH3 is 1. The summed E-state index contributed by atoms with van der Waals surface area (Å²) in [6.07, 6.45) is 0.826. The van der Waals surface area contributed by atoms with Gasteiger partial charge in [0, 0.05) is 13.1 Å². The number of halogens is 1. The van der Waals surface area contributed by atoms with Gasteiger partial charge in [0.05, 0.1) is 13.7 Å². The van der Waals surface area contributed by atoms with E-state index >= 15 is 0 Å². The Balaban J connectivity index is 0.00000288. The molecule has 0 bridgehead atoms. The van der Waals surface area contributed by atoms with E-state index in [9.17, 15) is 4.79 Å². The van der Waals surface area contributed by atoms with Crippen molar-refractivity contribution in [2.75, 3.05) is 27.2 Å². The van der Waals surface area contributed by atoms with Crippen LogP contribution in [0.4, 0.5) is 0 Å². The van der Waals surface area contributed by atoms with E-state index in [0.717, 1.165) is 17.7 Å². The molecule has 0 fully saturated rings. The second-order valence-corrected chi connectivity index (χ2v) is 5.43. The van der Waals surface area contributed by atoms with Crippen LogP contribution < -0.4 is 10.1 Å². The second kappa shape index (κ2) is 10.7. The van der Waals surface area contributed by atoms with Gasteiger partial charge < -0.3 is 15.0 Å². The Morgan fingerprint density at radius 3 is 2.29 bits per heavy atom. The molecule has 0 heterocycles. The first-order valence-electron chi connectivity index (χ1n) is 7.82. The average Bonchev–Trinajstić information content (AvgIpc) is 2.60. The first-order chi connectivity index (χ1) is 11.2. The van der Waals surface area contributed by atoms with Crippen molar-refractivity contribution in [3.05, 3.63) is 65.7 Å². The largest absolute Gasteiger partial charge is 0.497 e. The molecule has 1 amide bonds. The molecule has 1 N–H and O–H groups in total. The summed E-state index contributed by atoms with van der Waals surface area (Å²) >= 11 is 0. The van der Waals surface area contributed by atoms with E-state index in [-0.39, 0.29) is 18.3 Å². The lowest BCUT2D eigenvalue weighted by Crippen LogP contribution is -2.38. The van der Waals surface area contributed by atoms with E-state index in [4.69, 9.17) is 4.74 Å². The number of carbonyl (C=O) groups excluding carboxylic acids is 1. The van der Waals surface area contributed by atoms with E-state index < -0.39 is 0 Å². The van der Waals surface area contributed by atoms with Crippen LogP contribution in [0, 0.1) is 0 Å². The first kappa shape index (κ1) is 20.0. The summed E-state index contributed by atoms with van der Waals surface area (Å²) in [5.74, 6) is 0.964. The molecular weight excluding hydrogens is 324 g/mol. The maximum atomic E-state index is 12.3. The summed E-state index contributed by atoms with van der Waals surface area (Å²) in [6, 6.07) is 18.1. The molecule has 2 aromatic carbocycles. The third-order valence-corrected chi connectivity index (χ3v) is 3.73.